The molecule has 0 spiro atoms. The molecule has 7 nitrogen and oxygen atoms in total. The Hall–Kier alpha value is -2.15. The molecule has 0 saturated carbocycles. The lowest BCUT2D eigenvalue weighted by atomic mass is 10.3. The Kier molecular flexibility index (Phi) is 4.53. The molecule has 1 atom stereocenters. The van der Waals surface area contributed by atoms with E-state index >= 15 is 0 Å². The van der Waals surface area contributed by atoms with Crippen LogP contribution in [0.2, 0.25) is 0 Å². The average Bonchev–Trinajstić information content (AvgIpc) is 2.99. The molecule has 120 valence electrons. The van der Waals surface area contributed by atoms with E-state index < -0.39 is 0 Å². The summed E-state index contributed by atoms with van der Waals surface area (Å²) in [6.07, 6.45) is 0.187. The van der Waals surface area contributed by atoms with Gasteiger partial charge in [-0.1, -0.05) is 0 Å². The molecule has 2 heterocycles. The summed E-state index contributed by atoms with van der Waals surface area (Å²) in [6, 6.07) is 5.51. The summed E-state index contributed by atoms with van der Waals surface area (Å²) < 4.78 is 21.7. The van der Waals surface area contributed by atoms with Gasteiger partial charge in [0.15, 0.2) is 17.5 Å². The summed E-state index contributed by atoms with van der Waals surface area (Å²) in [5, 5.41) is 0. The molecule has 7 heteroatoms. The van der Waals surface area contributed by atoms with E-state index in [1.807, 2.05) is 30.0 Å². The second kappa shape index (κ2) is 6.74. The first-order chi connectivity index (χ1) is 10.7. The number of benzene rings is 1. The van der Waals surface area contributed by atoms with E-state index in [0.29, 0.717) is 31.5 Å². The fourth-order valence-electron chi connectivity index (χ4n) is 2.42. The molecule has 2 aliphatic rings. The minimum atomic E-state index is 0.187. The van der Waals surface area contributed by atoms with Crippen molar-refractivity contribution in [3.05, 3.63) is 18.2 Å². The van der Waals surface area contributed by atoms with Crippen molar-refractivity contribution in [1.82, 2.24) is 4.90 Å². The molecule has 1 aromatic carbocycles. The van der Waals surface area contributed by atoms with Crippen LogP contribution in [0, 0.1) is 0 Å². The fraction of sp³-hybridized carbons (Fsp3) is 0.533. The zero-order chi connectivity index (χ0) is 15.4. The molecular weight excluding hydrogens is 286 g/mol. The van der Waals surface area contributed by atoms with Gasteiger partial charge in [0.2, 0.25) is 6.79 Å². The molecule has 2 aliphatic heterocycles. The second-order valence-electron chi connectivity index (χ2n) is 5.23. The van der Waals surface area contributed by atoms with Crippen LogP contribution in [0.3, 0.4) is 0 Å². The van der Waals surface area contributed by atoms with Gasteiger partial charge in [0.25, 0.3) is 0 Å². The van der Waals surface area contributed by atoms with Gasteiger partial charge < -0.3 is 29.6 Å². The minimum Gasteiger partial charge on any atom is -0.492 e. The van der Waals surface area contributed by atoms with Gasteiger partial charge in [0.1, 0.15) is 12.4 Å². The van der Waals surface area contributed by atoms with Crippen molar-refractivity contribution in [2.75, 3.05) is 39.6 Å². The van der Waals surface area contributed by atoms with Crippen LogP contribution >= 0.6 is 0 Å². The first kappa shape index (κ1) is 14.8. The van der Waals surface area contributed by atoms with Crippen molar-refractivity contribution in [1.29, 1.82) is 0 Å². The molecule has 0 aliphatic carbocycles. The molecule has 1 fully saturated rings. The molecule has 22 heavy (non-hydrogen) atoms. The monoisotopic (exact) mass is 307 g/mol. The smallest absolute Gasteiger partial charge is 0.231 e. The summed E-state index contributed by atoms with van der Waals surface area (Å²) in [6.45, 7) is 5.50. The van der Waals surface area contributed by atoms with E-state index in [9.17, 15) is 0 Å². The largest absolute Gasteiger partial charge is 0.492 e. The lowest BCUT2D eigenvalue weighted by molar-refractivity contribution is 0.00528. The van der Waals surface area contributed by atoms with Gasteiger partial charge in [-0.15, -0.1) is 0 Å². The maximum Gasteiger partial charge on any atom is 0.231 e. The number of aliphatic imine (C=N–C) groups is 1. The number of guanidine groups is 1. The van der Waals surface area contributed by atoms with Crippen molar-refractivity contribution in [3.63, 3.8) is 0 Å². The Labute approximate surface area is 129 Å². The lowest BCUT2D eigenvalue weighted by Crippen LogP contribution is -2.48. The Morgan fingerprint density at radius 2 is 2.27 bits per heavy atom. The zero-order valence-corrected chi connectivity index (χ0v) is 12.7. The summed E-state index contributed by atoms with van der Waals surface area (Å²) >= 11 is 0. The van der Waals surface area contributed by atoms with Gasteiger partial charge in [0, 0.05) is 19.2 Å². The van der Waals surface area contributed by atoms with Crippen LogP contribution in [0.4, 0.5) is 0 Å². The van der Waals surface area contributed by atoms with Gasteiger partial charge in [-0.25, -0.2) is 4.99 Å². The first-order valence-electron chi connectivity index (χ1n) is 7.41. The van der Waals surface area contributed by atoms with Crippen molar-refractivity contribution in [3.8, 4) is 17.2 Å². The van der Waals surface area contributed by atoms with Crippen molar-refractivity contribution < 1.29 is 18.9 Å². The number of hydrogen-bond donors (Lipinski definition) is 1. The van der Waals surface area contributed by atoms with E-state index in [-0.39, 0.29) is 12.9 Å². The van der Waals surface area contributed by atoms with Gasteiger partial charge in [0.05, 0.1) is 19.3 Å². The number of rotatable bonds is 4. The molecule has 1 unspecified atom stereocenters. The van der Waals surface area contributed by atoms with Crippen molar-refractivity contribution in [2.24, 2.45) is 10.7 Å². The number of nitrogens with zero attached hydrogens (tertiary/aromatic N) is 2. The normalized spacial score (nSPS) is 21.0. The molecule has 0 radical (unpaired) electrons. The molecule has 0 bridgehead atoms. The van der Waals surface area contributed by atoms with Gasteiger partial charge in [-0.3, -0.25) is 0 Å². The van der Waals surface area contributed by atoms with E-state index in [1.165, 1.54) is 0 Å². The van der Waals surface area contributed by atoms with Gasteiger partial charge in [-0.05, 0) is 19.1 Å². The second-order valence-corrected chi connectivity index (χ2v) is 5.23. The molecule has 0 amide bonds. The Balaban J connectivity index is 1.45. The molecule has 1 aromatic rings. The standard InChI is InChI=1S/C15H21N3O4/c1-11-9-18(5-7-19-11)15(16)17-4-6-20-12-2-3-13-14(8-12)22-10-21-13/h2-3,8,11H,4-7,9-10H2,1H3,(H2,16,17). The third-order valence-corrected chi connectivity index (χ3v) is 3.54. The average molecular weight is 307 g/mol. The summed E-state index contributed by atoms with van der Waals surface area (Å²) in [7, 11) is 0. The highest BCUT2D eigenvalue weighted by atomic mass is 16.7. The maximum absolute atomic E-state index is 5.99. The van der Waals surface area contributed by atoms with Crippen LogP contribution in [0.15, 0.2) is 23.2 Å². The molecule has 0 aromatic heterocycles. The van der Waals surface area contributed by atoms with Gasteiger partial charge in [-0.2, -0.15) is 0 Å². The SMILES string of the molecule is CC1CN(C(N)=NCCOc2ccc3c(c2)OCO3)CCO1. The third-order valence-electron chi connectivity index (χ3n) is 3.54. The Morgan fingerprint density at radius 3 is 3.14 bits per heavy atom. The van der Waals surface area contributed by atoms with Crippen LogP contribution < -0.4 is 19.9 Å². The van der Waals surface area contributed by atoms with E-state index in [0.717, 1.165) is 24.6 Å². The quantitative estimate of drug-likeness (QED) is 0.504. The number of hydrogen-bond acceptors (Lipinski definition) is 5. The van der Waals surface area contributed by atoms with Crippen LogP contribution in [0.1, 0.15) is 6.92 Å². The van der Waals surface area contributed by atoms with Gasteiger partial charge >= 0.3 is 0 Å². The first-order valence-corrected chi connectivity index (χ1v) is 7.41. The fourth-order valence-corrected chi connectivity index (χ4v) is 2.42. The predicted molar refractivity (Wildman–Crippen MR) is 81.5 cm³/mol. The molecule has 3 rings (SSSR count). The third kappa shape index (κ3) is 3.54. The van der Waals surface area contributed by atoms with E-state index in [1.54, 1.807) is 0 Å². The lowest BCUT2D eigenvalue weighted by Gasteiger charge is -2.31. The van der Waals surface area contributed by atoms with Crippen LogP contribution in [0.5, 0.6) is 17.2 Å². The Morgan fingerprint density at radius 1 is 1.41 bits per heavy atom. The topological polar surface area (TPSA) is 78.5 Å². The number of morpholine rings is 1. The summed E-state index contributed by atoms with van der Waals surface area (Å²) in [4.78, 5) is 6.39. The number of ether oxygens (including phenoxy) is 4. The van der Waals surface area contributed by atoms with Crippen LogP contribution in [-0.2, 0) is 4.74 Å². The highest BCUT2D eigenvalue weighted by molar-refractivity contribution is 5.78. The molecular formula is C15H21N3O4. The number of fused-ring (bicyclic) bond motifs is 1. The predicted octanol–water partition coefficient (Wildman–Crippen LogP) is 0.829. The van der Waals surface area contributed by atoms with E-state index in [2.05, 4.69) is 4.99 Å². The van der Waals surface area contributed by atoms with E-state index in [4.69, 9.17) is 24.7 Å². The highest BCUT2D eigenvalue weighted by Crippen LogP contribution is 2.34. The summed E-state index contributed by atoms with van der Waals surface area (Å²) in [5.41, 5.74) is 5.99. The molecule has 2 N–H and O–H groups in total. The van der Waals surface area contributed by atoms with Crippen molar-refractivity contribution >= 4 is 5.96 Å². The van der Waals surface area contributed by atoms with Crippen LogP contribution in [0.25, 0.3) is 0 Å². The maximum atomic E-state index is 5.99. The minimum absolute atomic E-state index is 0.187. The molecule has 1 saturated heterocycles. The Bertz CT molecular complexity index is 550. The number of nitrogens with two attached hydrogens (primary N) is 1. The van der Waals surface area contributed by atoms with Crippen molar-refractivity contribution in [2.45, 2.75) is 13.0 Å². The summed E-state index contributed by atoms with van der Waals surface area (Å²) in [5.74, 6) is 2.74. The van der Waals surface area contributed by atoms with Crippen LogP contribution in [-0.4, -0.2) is 56.6 Å². The zero-order valence-electron chi connectivity index (χ0n) is 12.7. The highest BCUT2D eigenvalue weighted by Gasteiger charge is 2.18.